The molecule has 0 saturated carbocycles. The summed E-state index contributed by atoms with van der Waals surface area (Å²) in [5.41, 5.74) is 2.80. The molecule has 108 valence electrons. The highest BCUT2D eigenvalue weighted by molar-refractivity contribution is 6.00. The topological polar surface area (TPSA) is 37.4 Å². The molecule has 1 saturated heterocycles. The molecule has 0 aliphatic carbocycles. The van der Waals surface area contributed by atoms with Crippen LogP contribution in [0.15, 0.2) is 18.2 Å². The fraction of sp³-hybridized carbons (Fsp3) is 0.529. The van der Waals surface area contributed by atoms with Gasteiger partial charge in [0.15, 0.2) is 5.78 Å². The summed E-state index contributed by atoms with van der Waals surface area (Å²) < 4.78 is 0. The van der Waals surface area contributed by atoms with Crippen LogP contribution >= 0.6 is 0 Å². The van der Waals surface area contributed by atoms with E-state index >= 15 is 0 Å². The number of likely N-dealkylation sites (tertiary alicyclic amines) is 1. The molecule has 1 aromatic carbocycles. The highest BCUT2D eigenvalue weighted by Crippen LogP contribution is 2.25. The molecule has 2 rings (SSSR count). The second-order valence-electron chi connectivity index (χ2n) is 6.22. The van der Waals surface area contributed by atoms with Crippen molar-refractivity contribution in [2.45, 2.75) is 34.1 Å². The zero-order valence-corrected chi connectivity index (χ0v) is 12.8. The molecule has 1 atom stereocenters. The fourth-order valence-corrected chi connectivity index (χ4v) is 2.70. The summed E-state index contributed by atoms with van der Waals surface area (Å²) in [4.78, 5) is 26.1. The van der Waals surface area contributed by atoms with E-state index in [2.05, 4.69) is 13.8 Å². The SMILES string of the molecule is Cc1ccc(C)c(C(=O)CN2CC(C(C)C)CC2=O)c1. The van der Waals surface area contributed by atoms with Crippen molar-refractivity contribution < 1.29 is 9.59 Å². The Morgan fingerprint density at radius 1 is 1.35 bits per heavy atom. The first-order valence-corrected chi connectivity index (χ1v) is 7.26. The number of nitrogens with zero attached hydrogens (tertiary/aromatic N) is 1. The van der Waals surface area contributed by atoms with E-state index in [1.54, 1.807) is 4.90 Å². The molecule has 0 spiro atoms. The monoisotopic (exact) mass is 273 g/mol. The molecule has 0 N–H and O–H groups in total. The maximum Gasteiger partial charge on any atom is 0.223 e. The number of amides is 1. The lowest BCUT2D eigenvalue weighted by molar-refractivity contribution is -0.127. The summed E-state index contributed by atoms with van der Waals surface area (Å²) in [6.07, 6.45) is 0.581. The van der Waals surface area contributed by atoms with Gasteiger partial charge < -0.3 is 4.90 Å². The molecule has 1 aliphatic rings. The van der Waals surface area contributed by atoms with Crippen LogP contribution in [0.2, 0.25) is 0 Å². The van der Waals surface area contributed by atoms with E-state index < -0.39 is 0 Å². The molecule has 1 amide bonds. The van der Waals surface area contributed by atoms with Gasteiger partial charge in [0.2, 0.25) is 5.91 Å². The van der Waals surface area contributed by atoms with Crippen LogP contribution in [0.3, 0.4) is 0 Å². The van der Waals surface area contributed by atoms with Crippen LogP contribution in [-0.2, 0) is 4.79 Å². The van der Waals surface area contributed by atoms with Crippen molar-refractivity contribution in [1.82, 2.24) is 4.90 Å². The van der Waals surface area contributed by atoms with Crippen molar-refractivity contribution in [2.75, 3.05) is 13.1 Å². The molecule has 1 fully saturated rings. The van der Waals surface area contributed by atoms with Gasteiger partial charge in [-0.2, -0.15) is 0 Å². The minimum Gasteiger partial charge on any atom is -0.335 e. The van der Waals surface area contributed by atoms with E-state index in [1.165, 1.54) is 0 Å². The quantitative estimate of drug-likeness (QED) is 0.791. The Labute approximate surface area is 121 Å². The van der Waals surface area contributed by atoms with Crippen LogP contribution in [0.4, 0.5) is 0 Å². The van der Waals surface area contributed by atoms with Gasteiger partial charge in [0.05, 0.1) is 6.54 Å². The third kappa shape index (κ3) is 3.09. The first kappa shape index (κ1) is 14.8. The van der Waals surface area contributed by atoms with E-state index in [-0.39, 0.29) is 18.2 Å². The normalized spacial score (nSPS) is 18.9. The predicted octanol–water partition coefficient (Wildman–Crippen LogP) is 2.99. The first-order valence-electron chi connectivity index (χ1n) is 7.26. The van der Waals surface area contributed by atoms with Gasteiger partial charge in [0.25, 0.3) is 0 Å². The molecule has 0 radical (unpaired) electrons. The number of carbonyl (C=O) groups is 2. The maximum atomic E-state index is 12.4. The standard InChI is InChI=1S/C17H23NO2/c1-11(2)14-8-17(20)18(9-14)10-16(19)15-7-12(3)5-6-13(15)4/h5-7,11,14H,8-10H2,1-4H3. The summed E-state index contributed by atoms with van der Waals surface area (Å²) in [6, 6.07) is 5.88. The maximum absolute atomic E-state index is 12.4. The Kier molecular flexibility index (Phi) is 4.26. The lowest BCUT2D eigenvalue weighted by atomic mass is 9.95. The summed E-state index contributed by atoms with van der Waals surface area (Å²) in [6.45, 7) is 9.11. The third-order valence-electron chi connectivity index (χ3n) is 4.22. The van der Waals surface area contributed by atoms with Crippen molar-refractivity contribution in [1.29, 1.82) is 0 Å². The van der Waals surface area contributed by atoms with Gasteiger partial charge in [-0.1, -0.05) is 31.5 Å². The van der Waals surface area contributed by atoms with E-state index in [9.17, 15) is 9.59 Å². The summed E-state index contributed by atoms with van der Waals surface area (Å²) in [5.74, 6) is 1.03. The third-order valence-corrected chi connectivity index (χ3v) is 4.22. The highest BCUT2D eigenvalue weighted by atomic mass is 16.2. The summed E-state index contributed by atoms with van der Waals surface area (Å²) >= 11 is 0. The average Bonchev–Trinajstić information content (AvgIpc) is 2.74. The molecule has 20 heavy (non-hydrogen) atoms. The van der Waals surface area contributed by atoms with Crippen LogP contribution in [0.5, 0.6) is 0 Å². The second-order valence-corrected chi connectivity index (χ2v) is 6.22. The largest absolute Gasteiger partial charge is 0.335 e. The number of benzene rings is 1. The van der Waals surface area contributed by atoms with Gasteiger partial charge in [0, 0.05) is 18.5 Å². The average molecular weight is 273 g/mol. The van der Waals surface area contributed by atoms with E-state index in [1.807, 2.05) is 32.0 Å². The number of aryl methyl sites for hydroxylation is 2. The molecule has 0 aromatic heterocycles. The number of hydrogen-bond acceptors (Lipinski definition) is 2. The molecule has 1 heterocycles. The van der Waals surface area contributed by atoms with Gasteiger partial charge >= 0.3 is 0 Å². The van der Waals surface area contributed by atoms with Gasteiger partial charge in [-0.15, -0.1) is 0 Å². The molecule has 3 heteroatoms. The second kappa shape index (κ2) is 5.78. The Morgan fingerprint density at radius 3 is 2.65 bits per heavy atom. The molecule has 1 aromatic rings. The number of hydrogen-bond donors (Lipinski definition) is 0. The van der Waals surface area contributed by atoms with Crippen molar-refractivity contribution >= 4 is 11.7 Å². The molecular formula is C17H23NO2. The molecule has 3 nitrogen and oxygen atoms in total. The van der Waals surface area contributed by atoms with Gasteiger partial charge in [-0.3, -0.25) is 9.59 Å². The van der Waals surface area contributed by atoms with E-state index in [0.717, 1.165) is 16.7 Å². The molecule has 0 bridgehead atoms. The Morgan fingerprint density at radius 2 is 2.05 bits per heavy atom. The van der Waals surface area contributed by atoms with Gasteiger partial charge in [0.1, 0.15) is 0 Å². The zero-order valence-electron chi connectivity index (χ0n) is 12.8. The molecule has 1 unspecified atom stereocenters. The van der Waals surface area contributed by atoms with Crippen LogP contribution < -0.4 is 0 Å². The van der Waals surface area contributed by atoms with Crippen LogP contribution in [-0.4, -0.2) is 29.7 Å². The van der Waals surface area contributed by atoms with Crippen LogP contribution in [0.25, 0.3) is 0 Å². The van der Waals surface area contributed by atoms with Gasteiger partial charge in [-0.25, -0.2) is 0 Å². The number of carbonyl (C=O) groups excluding carboxylic acids is 2. The summed E-state index contributed by atoms with van der Waals surface area (Å²) in [5, 5.41) is 0. The Balaban J connectivity index is 2.09. The van der Waals surface area contributed by atoms with Crippen LogP contribution in [0, 0.1) is 25.7 Å². The predicted molar refractivity (Wildman–Crippen MR) is 79.8 cm³/mol. The Hall–Kier alpha value is -1.64. The van der Waals surface area contributed by atoms with Crippen molar-refractivity contribution in [3.8, 4) is 0 Å². The minimum atomic E-state index is 0.0453. The van der Waals surface area contributed by atoms with Crippen molar-refractivity contribution in [3.63, 3.8) is 0 Å². The molecule has 1 aliphatic heterocycles. The van der Waals surface area contributed by atoms with Crippen molar-refractivity contribution in [3.05, 3.63) is 34.9 Å². The fourth-order valence-electron chi connectivity index (χ4n) is 2.70. The van der Waals surface area contributed by atoms with Crippen LogP contribution in [0.1, 0.15) is 41.8 Å². The number of rotatable bonds is 4. The van der Waals surface area contributed by atoms with Gasteiger partial charge in [-0.05, 0) is 37.3 Å². The lowest BCUT2D eigenvalue weighted by Gasteiger charge is -2.18. The summed E-state index contributed by atoms with van der Waals surface area (Å²) in [7, 11) is 0. The Bertz CT molecular complexity index is 534. The minimum absolute atomic E-state index is 0.0453. The van der Waals surface area contributed by atoms with E-state index in [4.69, 9.17) is 0 Å². The number of Topliss-reactive ketones (excluding diaryl/α,β-unsaturated/α-hetero) is 1. The molecular weight excluding hydrogens is 250 g/mol. The smallest absolute Gasteiger partial charge is 0.223 e. The zero-order chi connectivity index (χ0) is 14.9. The van der Waals surface area contributed by atoms with E-state index in [0.29, 0.717) is 24.8 Å². The lowest BCUT2D eigenvalue weighted by Crippen LogP contribution is -2.32. The number of ketones is 1. The van der Waals surface area contributed by atoms with Crippen molar-refractivity contribution in [2.24, 2.45) is 11.8 Å². The highest BCUT2D eigenvalue weighted by Gasteiger charge is 2.32. The first-order chi connectivity index (χ1) is 9.38.